The van der Waals surface area contributed by atoms with Gasteiger partial charge in [-0.2, -0.15) is 11.8 Å². The van der Waals surface area contributed by atoms with Gasteiger partial charge < -0.3 is 11.1 Å². The molecule has 3 nitrogen and oxygen atoms in total. The van der Waals surface area contributed by atoms with Crippen LogP contribution in [0.3, 0.4) is 0 Å². The van der Waals surface area contributed by atoms with Gasteiger partial charge in [-0.25, -0.2) is 4.39 Å². The highest BCUT2D eigenvalue weighted by molar-refractivity contribution is 8.00. The minimum Gasteiger partial charge on any atom is -0.399 e. The van der Waals surface area contributed by atoms with E-state index in [9.17, 15) is 9.18 Å². The number of halogens is 1. The summed E-state index contributed by atoms with van der Waals surface area (Å²) in [5.74, 6) is -0.876. The van der Waals surface area contributed by atoms with Gasteiger partial charge >= 0.3 is 0 Å². The standard InChI is InChI=1S/C13H17FN2OS/c1-8-5-9(15)6-10(11(8)14)12(17)16-7-13(18-2)3-4-13/h5-6H,3-4,7,15H2,1-2H3,(H,16,17). The molecule has 3 N–H and O–H groups in total. The molecule has 5 heteroatoms. The number of nitrogen functional groups attached to an aromatic ring is 1. The van der Waals surface area contributed by atoms with Crippen LogP contribution in [-0.2, 0) is 0 Å². The molecule has 0 heterocycles. The Hall–Kier alpha value is -1.23. The number of carbonyl (C=O) groups is 1. The smallest absolute Gasteiger partial charge is 0.254 e. The second-order valence-electron chi connectivity index (χ2n) is 4.77. The number of hydrogen-bond acceptors (Lipinski definition) is 3. The van der Waals surface area contributed by atoms with Gasteiger partial charge in [0.05, 0.1) is 5.56 Å². The normalized spacial score (nSPS) is 16.4. The molecule has 0 aromatic heterocycles. The average molecular weight is 268 g/mol. The number of amides is 1. The van der Waals surface area contributed by atoms with Crippen LogP contribution in [-0.4, -0.2) is 23.5 Å². The second kappa shape index (κ2) is 4.80. The summed E-state index contributed by atoms with van der Waals surface area (Å²) in [4.78, 5) is 11.9. The molecule has 18 heavy (non-hydrogen) atoms. The lowest BCUT2D eigenvalue weighted by atomic mass is 10.1. The lowest BCUT2D eigenvalue weighted by Gasteiger charge is -2.14. The van der Waals surface area contributed by atoms with Crippen LogP contribution in [0.4, 0.5) is 10.1 Å². The number of benzene rings is 1. The molecule has 0 atom stereocenters. The predicted octanol–water partition coefficient (Wildman–Crippen LogP) is 2.34. The zero-order valence-electron chi connectivity index (χ0n) is 10.5. The van der Waals surface area contributed by atoms with Crippen molar-refractivity contribution in [3.63, 3.8) is 0 Å². The molecule has 1 aliphatic rings. The Kier molecular flexibility index (Phi) is 3.52. The van der Waals surface area contributed by atoms with Crippen molar-refractivity contribution in [1.82, 2.24) is 5.32 Å². The largest absolute Gasteiger partial charge is 0.399 e. The number of carbonyl (C=O) groups excluding carboxylic acids is 1. The molecular weight excluding hydrogens is 251 g/mol. The summed E-state index contributed by atoms with van der Waals surface area (Å²) in [5.41, 5.74) is 6.47. The molecule has 1 aromatic carbocycles. The van der Waals surface area contributed by atoms with Crippen molar-refractivity contribution in [2.24, 2.45) is 0 Å². The lowest BCUT2D eigenvalue weighted by molar-refractivity contribution is 0.0949. The summed E-state index contributed by atoms with van der Waals surface area (Å²) in [6.07, 6.45) is 4.24. The number of rotatable bonds is 4. The van der Waals surface area contributed by atoms with E-state index >= 15 is 0 Å². The van der Waals surface area contributed by atoms with E-state index < -0.39 is 5.82 Å². The van der Waals surface area contributed by atoms with Gasteiger partial charge in [0.15, 0.2) is 0 Å². The van der Waals surface area contributed by atoms with Gasteiger partial charge in [0.2, 0.25) is 0 Å². The van der Waals surface area contributed by atoms with Crippen molar-refractivity contribution in [2.45, 2.75) is 24.5 Å². The van der Waals surface area contributed by atoms with Crippen molar-refractivity contribution >= 4 is 23.4 Å². The van der Waals surface area contributed by atoms with Crippen molar-refractivity contribution in [3.8, 4) is 0 Å². The van der Waals surface area contributed by atoms with E-state index in [1.807, 2.05) is 6.26 Å². The second-order valence-corrected chi connectivity index (χ2v) is 6.04. The Morgan fingerprint density at radius 2 is 2.22 bits per heavy atom. The fraction of sp³-hybridized carbons (Fsp3) is 0.462. The van der Waals surface area contributed by atoms with E-state index in [2.05, 4.69) is 5.32 Å². The Morgan fingerprint density at radius 1 is 1.56 bits per heavy atom. The topological polar surface area (TPSA) is 55.1 Å². The minimum atomic E-state index is -0.490. The van der Waals surface area contributed by atoms with Crippen molar-refractivity contribution in [2.75, 3.05) is 18.5 Å². The number of thioether (sulfide) groups is 1. The molecule has 1 amide bonds. The van der Waals surface area contributed by atoms with E-state index in [0.29, 0.717) is 17.8 Å². The van der Waals surface area contributed by atoms with Gasteiger partial charge in [-0.05, 0) is 43.7 Å². The van der Waals surface area contributed by atoms with Crippen LogP contribution in [0.2, 0.25) is 0 Å². The molecule has 1 aliphatic carbocycles. The Bertz CT molecular complexity index is 486. The van der Waals surface area contributed by atoms with Gasteiger partial charge in [0, 0.05) is 17.0 Å². The third-order valence-corrected chi connectivity index (χ3v) is 4.75. The highest BCUT2D eigenvalue weighted by atomic mass is 32.2. The Labute approximate surface area is 110 Å². The number of anilines is 1. The molecule has 98 valence electrons. The first-order valence-electron chi connectivity index (χ1n) is 5.86. The van der Waals surface area contributed by atoms with Crippen molar-refractivity contribution < 1.29 is 9.18 Å². The van der Waals surface area contributed by atoms with Crippen LogP contribution in [0.15, 0.2) is 12.1 Å². The molecule has 0 unspecified atom stereocenters. The highest BCUT2D eigenvalue weighted by Gasteiger charge is 2.42. The third kappa shape index (κ3) is 2.61. The quantitative estimate of drug-likeness (QED) is 0.824. The monoisotopic (exact) mass is 268 g/mol. The number of hydrogen-bond donors (Lipinski definition) is 2. The molecule has 1 fully saturated rings. The fourth-order valence-corrected chi connectivity index (χ4v) is 2.62. The zero-order valence-corrected chi connectivity index (χ0v) is 11.4. The van der Waals surface area contributed by atoms with E-state index in [4.69, 9.17) is 5.73 Å². The minimum absolute atomic E-state index is 0.0319. The SMILES string of the molecule is CSC1(CNC(=O)c2cc(N)cc(C)c2F)CC1. The van der Waals surface area contributed by atoms with Gasteiger partial charge in [0.1, 0.15) is 5.82 Å². The van der Waals surface area contributed by atoms with Gasteiger partial charge in [-0.1, -0.05) is 0 Å². The Balaban J connectivity index is 2.09. The summed E-state index contributed by atoms with van der Waals surface area (Å²) in [6.45, 7) is 2.19. The molecule has 2 rings (SSSR count). The zero-order chi connectivity index (χ0) is 13.3. The number of nitrogens with one attached hydrogen (secondary N) is 1. The molecule has 0 radical (unpaired) electrons. The summed E-state index contributed by atoms with van der Waals surface area (Å²) >= 11 is 1.75. The van der Waals surface area contributed by atoms with Crippen LogP contribution in [0.25, 0.3) is 0 Å². The molecular formula is C13H17FN2OS. The maximum atomic E-state index is 13.8. The lowest BCUT2D eigenvalue weighted by Crippen LogP contribution is -2.32. The maximum Gasteiger partial charge on any atom is 0.254 e. The van der Waals surface area contributed by atoms with Crippen LogP contribution in [0.1, 0.15) is 28.8 Å². The van der Waals surface area contributed by atoms with Gasteiger partial charge in [-0.3, -0.25) is 4.79 Å². The summed E-state index contributed by atoms with van der Waals surface area (Å²) < 4.78 is 14.0. The highest BCUT2D eigenvalue weighted by Crippen LogP contribution is 2.46. The maximum absolute atomic E-state index is 13.8. The summed E-state index contributed by atoms with van der Waals surface area (Å²) in [7, 11) is 0. The summed E-state index contributed by atoms with van der Waals surface area (Å²) in [6, 6.07) is 2.91. The first-order chi connectivity index (χ1) is 8.47. The first kappa shape index (κ1) is 13.2. The average Bonchev–Trinajstić information content (AvgIpc) is 3.11. The fourth-order valence-electron chi connectivity index (χ4n) is 1.89. The predicted molar refractivity (Wildman–Crippen MR) is 73.4 cm³/mol. The van der Waals surface area contributed by atoms with E-state index in [1.54, 1.807) is 18.7 Å². The molecule has 0 bridgehead atoms. The van der Waals surface area contributed by atoms with Crippen molar-refractivity contribution in [3.05, 3.63) is 29.1 Å². The molecule has 0 aliphatic heterocycles. The molecule has 1 aromatic rings. The molecule has 0 saturated heterocycles. The van der Waals surface area contributed by atoms with Crippen LogP contribution in [0.5, 0.6) is 0 Å². The first-order valence-corrected chi connectivity index (χ1v) is 7.09. The summed E-state index contributed by atoms with van der Waals surface area (Å²) in [5, 5.41) is 2.79. The molecule has 1 saturated carbocycles. The van der Waals surface area contributed by atoms with Crippen LogP contribution < -0.4 is 11.1 Å². The van der Waals surface area contributed by atoms with E-state index in [1.165, 1.54) is 12.1 Å². The van der Waals surface area contributed by atoms with E-state index in [-0.39, 0.29) is 16.2 Å². The van der Waals surface area contributed by atoms with Gasteiger partial charge in [0.25, 0.3) is 5.91 Å². The van der Waals surface area contributed by atoms with E-state index in [0.717, 1.165) is 12.8 Å². The van der Waals surface area contributed by atoms with Crippen LogP contribution in [0, 0.1) is 12.7 Å². The Morgan fingerprint density at radius 3 is 2.78 bits per heavy atom. The third-order valence-electron chi connectivity index (χ3n) is 3.33. The van der Waals surface area contributed by atoms with Crippen LogP contribution >= 0.6 is 11.8 Å². The van der Waals surface area contributed by atoms with Crippen molar-refractivity contribution in [1.29, 1.82) is 0 Å². The number of nitrogens with two attached hydrogens (primary N) is 1. The molecule has 0 spiro atoms. The number of aryl methyl sites for hydroxylation is 1. The van der Waals surface area contributed by atoms with Gasteiger partial charge in [-0.15, -0.1) is 0 Å².